The minimum Gasteiger partial charge on any atom is -0.464 e. The molecule has 0 aliphatic rings. The second kappa shape index (κ2) is 6.58. The van der Waals surface area contributed by atoms with E-state index in [1.807, 2.05) is 6.07 Å². The smallest absolute Gasteiger partial charge is 0.357 e. The van der Waals surface area contributed by atoms with Gasteiger partial charge in [-0.2, -0.15) is 5.26 Å². The average Bonchev–Trinajstić information content (AvgIpc) is 2.90. The van der Waals surface area contributed by atoms with Gasteiger partial charge in [-0.3, -0.25) is 0 Å². The van der Waals surface area contributed by atoms with Crippen molar-refractivity contribution in [2.24, 2.45) is 0 Å². The van der Waals surface area contributed by atoms with E-state index in [1.165, 1.54) is 38.0 Å². The maximum absolute atomic E-state index is 12.5. The van der Waals surface area contributed by atoms with Gasteiger partial charge in [-0.05, 0) is 24.6 Å². The number of hydrogen-bond donors (Lipinski definition) is 1. The van der Waals surface area contributed by atoms with Crippen LogP contribution in [0.3, 0.4) is 0 Å². The Morgan fingerprint density at radius 1 is 1.36 bits per heavy atom. The molecule has 2 rings (SSSR count). The first-order valence-corrected chi connectivity index (χ1v) is 8.62. The van der Waals surface area contributed by atoms with E-state index in [0.29, 0.717) is 11.3 Å². The topological polar surface area (TPSA) is 118 Å². The standard InChI is InChI=1S/C16H18N4O4S/c1-10-5-6-12(7-13(10)25(22,23)19(2)3)20-9-11(8-17)14(18)15(20)16(21)24-4/h5-7,9H,18H2,1-4H3. The molecular formula is C16H18N4O4S. The Bertz CT molecular complexity index is 984. The summed E-state index contributed by atoms with van der Waals surface area (Å²) in [5.74, 6) is -0.725. The van der Waals surface area contributed by atoms with Gasteiger partial charge in [0.1, 0.15) is 6.07 Å². The molecule has 0 saturated heterocycles. The van der Waals surface area contributed by atoms with E-state index in [9.17, 15) is 13.2 Å². The molecule has 2 N–H and O–H groups in total. The summed E-state index contributed by atoms with van der Waals surface area (Å²) in [5.41, 5.74) is 6.83. The van der Waals surface area contributed by atoms with Crippen LogP contribution in [0.15, 0.2) is 29.3 Å². The van der Waals surface area contributed by atoms with Gasteiger partial charge in [-0.15, -0.1) is 0 Å². The molecule has 0 fully saturated rings. The minimum atomic E-state index is -3.68. The van der Waals surface area contributed by atoms with E-state index in [4.69, 9.17) is 15.7 Å². The molecule has 1 aromatic heterocycles. The van der Waals surface area contributed by atoms with Crippen LogP contribution in [-0.2, 0) is 14.8 Å². The van der Waals surface area contributed by atoms with Crippen molar-refractivity contribution < 1.29 is 17.9 Å². The van der Waals surface area contributed by atoms with E-state index >= 15 is 0 Å². The molecule has 0 atom stereocenters. The Kier molecular flexibility index (Phi) is 4.87. The SMILES string of the molecule is COC(=O)c1c(N)c(C#N)cn1-c1ccc(C)c(S(=O)(=O)N(C)C)c1. The Labute approximate surface area is 146 Å². The first-order valence-electron chi connectivity index (χ1n) is 7.18. The molecule has 0 saturated carbocycles. The number of ether oxygens (including phenoxy) is 1. The third kappa shape index (κ3) is 3.09. The van der Waals surface area contributed by atoms with E-state index in [1.54, 1.807) is 19.1 Å². The highest BCUT2D eigenvalue weighted by atomic mass is 32.2. The highest BCUT2D eigenvalue weighted by molar-refractivity contribution is 7.89. The van der Waals surface area contributed by atoms with Gasteiger partial charge in [0, 0.05) is 26.0 Å². The van der Waals surface area contributed by atoms with Crippen LogP contribution in [0.2, 0.25) is 0 Å². The highest BCUT2D eigenvalue weighted by Crippen LogP contribution is 2.27. The van der Waals surface area contributed by atoms with Crippen LogP contribution in [0.4, 0.5) is 5.69 Å². The maximum atomic E-state index is 12.5. The van der Waals surface area contributed by atoms with Gasteiger partial charge in [-0.25, -0.2) is 17.5 Å². The fraction of sp³-hybridized carbons (Fsp3) is 0.250. The molecule has 0 aliphatic heterocycles. The lowest BCUT2D eigenvalue weighted by Crippen LogP contribution is -2.23. The Hall–Kier alpha value is -2.83. The Balaban J connectivity index is 2.77. The number of nitrogens with two attached hydrogens (primary N) is 1. The van der Waals surface area contributed by atoms with Crippen molar-refractivity contribution in [1.82, 2.24) is 8.87 Å². The van der Waals surface area contributed by atoms with Crippen molar-refractivity contribution in [3.8, 4) is 11.8 Å². The first kappa shape index (κ1) is 18.5. The van der Waals surface area contributed by atoms with Gasteiger partial charge < -0.3 is 15.0 Å². The van der Waals surface area contributed by atoms with E-state index in [-0.39, 0.29) is 21.8 Å². The normalized spacial score (nSPS) is 11.4. The molecular weight excluding hydrogens is 344 g/mol. The number of nitrogen functional groups attached to an aromatic ring is 1. The fourth-order valence-corrected chi connectivity index (χ4v) is 3.47. The lowest BCUT2D eigenvalue weighted by Gasteiger charge is -2.16. The van der Waals surface area contributed by atoms with Crippen LogP contribution in [-0.4, -0.2) is 44.5 Å². The number of esters is 1. The summed E-state index contributed by atoms with van der Waals surface area (Å²) < 4.78 is 32.2. The second-order valence-electron chi connectivity index (χ2n) is 5.52. The van der Waals surface area contributed by atoms with Crippen molar-refractivity contribution in [2.75, 3.05) is 26.9 Å². The molecule has 9 heteroatoms. The van der Waals surface area contributed by atoms with Gasteiger partial charge in [0.15, 0.2) is 5.69 Å². The third-order valence-corrected chi connectivity index (χ3v) is 5.71. The minimum absolute atomic E-state index is 0.0214. The van der Waals surface area contributed by atoms with Crippen molar-refractivity contribution in [2.45, 2.75) is 11.8 Å². The summed E-state index contributed by atoms with van der Waals surface area (Å²) in [4.78, 5) is 12.1. The number of anilines is 1. The summed E-state index contributed by atoms with van der Waals surface area (Å²) in [5, 5.41) is 9.16. The number of carbonyl (C=O) groups is 1. The van der Waals surface area contributed by atoms with Gasteiger partial charge >= 0.3 is 5.97 Å². The second-order valence-corrected chi connectivity index (χ2v) is 7.64. The zero-order valence-electron chi connectivity index (χ0n) is 14.3. The van der Waals surface area contributed by atoms with Gasteiger partial charge in [-0.1, -0.05) is 6.07 Å². The number of aryl methyl sites for hydroxylation is 1. The number of aromatic nitrogens is 1. The number of sulfonamides is 1. The molecule has 2 aromatic rings. The molecule has 0 bridgehead atoms. The number of carbonyl (C=O) groups excluding carboxylic acids is 1. The zero-order chi connectivity index (χ0) is 18.9. The lowest BCUT2D eigenvalue weighted by atomic mass is 10.2. The molecule has 1 aromatic carbocycles. The fourth-order valence-electron chi connectivity index (χ4n) is 2.33. The first-order chi connectivity index (χ1) is 11.6. The molecule has 0 spiro atoms. The summed E-state index contributed by atoms with van der Waals surface area (Å²) in [6.45, 7) is 1.67. The quantitative estimate of drug-likeness (QED) is 0.818. The molecule has 0 amide bonds. The van der Waals surface area contributed by atoms with Crippen LogP contribution in [0.25, 0.3) is 5.69 Å². The maximum Gasteiger partial charge on any atom is 0.357 e. The number of methoxy groups -OCH3 is 1. The monoisotopic (exact) mass is 362 g/mol. The van der Waals surface area contributed by atoms with Crippen molar-refractivity contribution in [1.29, 1.82) is 5.26 Å². The molecule has 0 radical (unpaired) electrons. The van der Waals surface area contributed by atoms with Crippen molar-refractivity contribution in [3.05, 3.63) is 41.2 Å². The van der Waals surface area contributed by atoms with Crippen molar-refractivity contribution >= 4 is 21.7 Å². The van der Waals surface area contributed by atoms with Gasteiger partial charge in [0.25, 0.3) is 0 Å². The Morgan fingerprint density at radius 2 is 2.00 bits per heavy atom. The predicted octanol–water partition coefficient (Wildman–Crippen LogP) is 1.28. The molecule has 8 nitrogen and oxygen atoms in total. The Morgan fingerprint density at radius 3 is 2.52 bits per heavy atom. The zero-order valence-corrected chi connectivity index (χ0v) is 15.1. The number of nitrogens with zero attached hydrogens (tertiary/aromatic N) is 3. The van der Waals surface area contributed by atoms with Crippen LogP contribution in [0.1, 0.15) is 21.6 Å². The summed E-state index contributed by atoms with van der Waals surface area (Å²) in [7, 11) is 0.385. The van der Waals surface area contributed by atoms with Gasteiger partial charge in [0.05, 0.1) is 23.3 Å². The summed E-state index contributed by atoms with van der Waals surface area (Å²) in [6, 6.07) is 6.58. The van der Waals surface area contributed by atoms with Crippen LogP contribution >= 0.6 is 0 Å². The van der Waals surface area contributed by atoms with Crippen LogP contribution < -0.4 is 5.73 Å². The molecule has 0 aliphatic carbocycles. The number of hydrogen-bond acceptors (Lipinski definition) is 6. The van der Waals surface area contributed by atoms with E-state index in [2.05, 4.69) is 0 Å². The largest absolute Gasteiger partial charge is 0.464 e. The van der Waals surface area contributed by atoms with E-state index < -0.39 is 16.0 Å². The molecule has 25 heavy (non-hydrogen) atoms. The lowest BCUT2D eigenvalue weighted by molar-refractivity contribution is 0.0593. The summed E-state index contributed by atoms with van der Waals surface area (Å²) in [6.07, 6.45) is 1.37. The predicted molar refractivity (Wildman–Crippen MR) is 91.8 cm³/mol. The van der Waals surface area contributed by atoms with Gasteiger partial charge in [0.2, 0.25) is 10.0 Å². The van der Waals surface area contributed by atoms with Crippen LogP contribution in [0, 0.1) is 18.3 Å². The number of nitriles is 1. The molecule has 1 heterocycles. The number of rotatable bonds is 4. The molecule has 0 unspecified atom stereocenters. The number of benzene rings is 1. The van der Waals surface area contributed by atoms with E-state index in [0.717, 1.165) is 4.31 Å². The summed E-state index contributed by atoms with van der Waals surface area (Å²) >= 11 is 0. The third-order valence-electron chi connectivity index (χ3n) is 3.75. The average molecular weight is 362 g/mol. The molecule has 132 valence electrons. The van der Waals surface area contributed by atoms with Crippen molar-refractivity contribution in [3.63, 3.8) is 0 Å². The van der Waals surface area contributed by atoms with Crippen LogP contribution in [0.5, 0.6) is 0 Å². The highest BCUT2D eigenvalue weighted by Gasteiger charge is 2.24.